The van der Waals surface area contributed by atoms with Crippen LogP contribution in [0.5, 0.6) is 5.75 Å². The number of nitro groups is 1. The summed E-state index contributed by atoms with van der Waals surface area (Å²) in [6, 6.07) is 24.4. The molecule has 4 aromatic rings. The first-order chi connectivity index (χ1) is 14.6. The SMILES string of the molecule is COc1ccc(-c2c(-c3ccccc3)cc(-c3ccc([N+](=O)[O-])cc3)oc2=O)cc1. The summed E-state index contributed by atoms with van der Waals surface area (Å²) in [5.41, 5.74) is 2.78. The van der Waals surface area contributed by atoms with Crippen molar-refractivity contribution in [2.45, 2.75) is 0 Å². The van der Waals surface area contributed by atoms with Gasteiger partial charge >= 0.3 is 5.63 Å². The maximum Gasteiger partial charge on any atom is 0.344 e. The Morgan fingerprint density at radius 1 is 0.833 bits per heavy atom. The van der Waals surface area contributed by atoms with Gasteiger partial charge in [0.2, 0.25) is 0 Å². The minimum atomic E-state index is -0.491. The van der Waals surface area contributed by atoms with Gasteiger partial charge in [0, 0.05) is 23.3 Å². The molecule has 0 spiro atoms. The van der Waals surface area contributed by atoms with Gasteiger partial charge in [-0.05, 0) is 41.5 Å². The largest absolute Gasteiger partial charge is 0.497 e. The molecule has 0 N–H and O–H groups in total. The predicted molar refractivity (Wildman–Crippen MR) is 114 cm³/mol. The highest BCUT2D eigenvalue weighted by molar-refractivity contribution is 5.84. The van der Waals surface area contributed by atoms with E-state index >= 15 is 0 Å². The first-order valence-electron chi connectivity index (χ1n) is 9.19. The minimum Gasteiger partial charge on any atom is -0.497 e. The normalized spacial score (nSPS) is 10.6. The molecule has 148 valence electrons. The summed E-state index contributed by atoms with van der Waals surface area (Å²) in [6.45, 7) is 0. The van der Waals surface area contributed by atoms with Crippen LogP contribution in [0.25, 0.3) is 33.6 Å². The second-order valence-corrected chi connectivity index (χ2v) is 6.59. The van der Waals surface area contributed by atoms with E-state index in [9.17, 15) is 14.9 Å². The molecule has 0 aliphatic rings. The third-order valence-corrected chi connectivity index (χ3v) is 4.78. The highest BCUT2D eigenvalue weighted by Gasteiger charge is 2.17. The van der Waals surface area contributed by atoms with Crippen LogP contribution in [0.15, 0.2) is 94.1 Å². The fourth-order valence-corrected chi connectivity index (χ4v) is 3.26. The fourth-order valence-electron chi connectivity index (χ4n) is 3.26. The zero-order valence-corrected chi connectivity index (χ0v) is 16.1. The van der Waals surface area contributed by atoms with Gasteiger partial charge in [-0.2, -0.15) is 0 Å². The van der Waals surface area contributed by atoms with Gasteiger partial charge in [0.1, 0.15) is 11.5 Å². The average molecular weight is 399 g/mol. The van der Waals surface area contributed by atoms with Crippen molar-refractivity contribution < 1.29 is 14.1 Å². The second-order valence-electron chi connectivity index (χ2n) is 6.59. The zero-order chi connectivity index (χ0) is 21.1. The predicted octanol–water partition coefficient (Wildman–Crippen LogP) is 5.56. The Bertz CT molecular complexity index is 1240. The van der Waals surface area contributed by atoms with Crippen molar-refractivity contribution in [1.82, 2.24) is 0 Å². The third-order valence-electron chi connectivity index (χ3n) is 4.78. The van der Waals surface area contributed by atoms with E-state index in [1.54, 1.807) is 37.4 Å². The summed E-state index contributed by atoms with van der Waals surface area (Å²) in [7, 11) is 1.58. The highest BCUT2D eigenvalue weighted by atomic mass is 16.6. The van der Waals surface area contributed by atoms with Crippen LogP contribution in [0.2, 0.25) is 0 Å². The molecule has 0 aliphatic carbocycles. The van der Waals surface area contributed by atoms with E-state index < -0.39 is 10.5 Å². The van der Waals surface area contributed by atoms with Crippen molar-refractivity contribution in [3.05, 3.63) is 105 Å². The Kier molecular flexibility index (Phi) is 5.13. The molecular formula is C24H17NO5. The first-order valence-corrected chi connectivity index (χ1v) is 9.19. The summed E-state index contributed by atoms with van der Waals surface area (Å²) in [5.74, 6) is 1.03. The zero-order valence-electron chi connectivity index (χ0n) is 16.1. The second kappa shape index (κ2) is 8.05. The lowest BCUT2D eigenvalue weighted by Crippen LogP contribution is -2.06. The number of nitrogens with zero attached hydrogens (tertiary/aromatic N) is 1. The Labute approximate surface area is 172 Å². The van der Waals surface area contributed by atoms with Gasteiger partial charge in [-0.15, -0.1) is 0 Å². The van der Waals surface area contributed by atoms with Crippen molar-refractivity contribution in [2.24, 2.45) is 0 Å². The van der Waals surface area contributed by atoms with Crippen LogP contribution >= 0.6 is 0 Å². The van der Waals surface area contributed by atoms with Crippen LogP contribution in [0.4, 0.5) is 5.69 Å². The number of ether oxygens (including phenoxy) is 1. The third kappa shape index (κ3) is 3.71. The lowest BCUT2D eigenvalue weighted by molar-refractivity contribution is -0.384. The number of non-ortho nitro benzene ring substituents is 1. The molecule has 4 rings (SSSR count). The van der Waals surface area contributed by atoms with Gasteiger partial charge in [-0.3, -0.25) is 10.1 Å². The molecule has 0 saturated carbocycles. The summed E-state index contributed by atoms with van der Waals surface area (Å²) in [4.78, 5) is 23.5. The van der Waals surface area contributed by atoms with Gasteiger partial charge in [-0.1, -0.05) is 42.5 Å². The van der Waals surface area contributed by atoms with E-state index in [-0.39, 0.29) is 5.69 Å². The van der Waals surface area contributed by atoms with Crippen LogP contribution in [0.3, 0.4) is 0 Å². The van der Waals surface area contributed by atoms with Crippen LogP contribution in [-0.4, -0.2) is 12.0 Å². The first kappa shape index (κ1) is 19.1. The van der Waals surface area contributed by atoms with Gasteiger partial charge in [0.15, 0.2) is 0 Å². The summed E-state index contributed by atoms with van der Waals surface area (Å²) in [6.07, 6.45) is 0. The summed E-state index contributed by atoms with van der Waals surface area (Å²) in [5, 5.41) is 10.9. The molecule has 0 radical (unpaired) electrons. The highest BCUT2D eigenvalue weighted by Crippen LogP contribution is 2.34. The molecule has 3 aromatic carbocycles. The molecule has 0 saturated heterocycles. The molecular weight excluding hydrogens is 382 g/mol. The Hall–Kier alpha value is -4.19. The maximum atomic E-state index is 13.0. The van der Waals surface area contributed by atoms with Crippen molar-refractivity contribution in [1.29, 1.82) is 0 Å². The van der Waals surface area contributed by atoms with Gasteiger partial charge in [-0.25, -0.2) is 4.79 Å². The van der Waals surface area contributed by atoms with Gasteiger partial charge < -0.3 is 9.15 Å². The van der Waals surface area contributed by atoms with E-state index in [0.29, 0.717) is 33.8 Å². The van der Waals surface area contributed by atoms with E-state index in [1.165, 1.54) is 12.1 Å². The lowest BCUT2D eigenvalue weighted by atomic mass is 9.95. The maximum absolute atomic E-state index is 13.0. The van der Waals surface area contributed by atoms with Crippen LogP contribution in [-0.2, 0) is 0 Å². The molecule has 1 aromatic heterocycles. The Morgan fingerprint density at radius 3 is 2.07 bits per heavy atom. The molecule has 30 heavy (non-hydrogen) atoms. The average Bonchev–Trinajstić information content (AvgIpc) is 2.79. The Balaban J connectivity index is 1.90. The number of benzene rings is 3. The molecule has 0 aliphatic heterocycles. The number of methoxy groups -OCH3 is 1. The minimum absolute atomic E-state index is 0.0285. The quantitative estimate of drug-likeness (QED) is 0.324. The van der Waals surface area contributed by atoms with Crippen molar-refractivity contribution in [3.8, 4) is 39.3 Å². The van der Waals surface area contributed by atoms with Crippen LogP contribution < -0.4 is 10.4 Å². The van der Waals surface area contributed by atoms with Gasteiger partial charge in [0.05, 0.1) is 17.6 Å². The molecule has 0 amide bonds. The van der Waals surface area contributed by atoms with Crippen LogP contribution in [0, 0.1) is 10.1 Å². The number of rotatable bonds is 5. The number of hydrogen-bond donors (Lipinski definition) is 0. The molecule has 0 fully saturated rings. The summed E-state index contributed by atoms with van der Waals surface area (Å²) < 4.78 is 10.8. The van der Waals surface area contributed by atoms with E-state index in [2.05, 4.69) is 0 Å². The van der Waals surface area contributed by atoms with E-state index in [1.807, 2.05) is 42.5 Å². The number of nitro benzene ring substituents is 1. The fraction of sp³-hybridized carbons (Fsp3) is 0.0417. The molecule has 6 heteroatoms. The standard InChI is InChI=1S/C24H17NO5/c1-29-20-13-9-18(10-14-20)23-21(16-5-3-2-4-6-16)15-22(30-24(23)26)17-7-11-19(12-8-17)25(27)28/h2-15H,1H3. The van der Waals surface area contributed by atoms with Crippen molar-refractivity contribution >= 4 is 5.69 Å². The van der Waals surface area contributed by atoms with Crippen molar-refractivity contribution in [3.63, 3.8) is 0 Å². The smallest absolute Gasteiger partial charge is 0.344 e. The molecule has 0 bridgehead atoms. The molecule has 6 nitrogen and oxygen atoms in total. The van der Waals surface area contributed by atoms with E-state index in [0.717, 1.165) is 5.56 Å². The molecule has 1 heterocycles. The van der Waals surface area contributed by atoms with E-state index in [4.69, 9.17) is 9.15 Å². The monoisotopic (exact) mass is 399 g/mol. The van der Waals surface area contributed by atoms with Crippen molar-refractivity contribution in [2.75, 3.05) is 7.11 Å². The molecule has 0 atom stereocenters. The lowest BCUT2D eigenvalue weighted by Gasteiger charge is -2.11. The number of hydrogen-bond acceptors (Lipinski definition) is 5. The summed E-state index contributed by atoms with van der Waals surface area (Å²) >= 11 is 0. The topological polar surface area (TPSA) is 82.6 Å². The molecule has 0 unspecified atom stereocenters. The van der Waals surface area contributed by atoms with Gasteiger partial charge in [0.25, 0.3) is 5.69 Å². The Morgan fingerprint density at radius 2 is 1.47 bits per heavy atom. The van der Waals surface area contributed by atoms with Crippen LogP contribution in [0.1, 0.15) is 0 Å².